The normalized spacial score (nSPS) is 11.4. The highest BCUT2D eigenvalue weighted by Crippen LogP contribution is 2.22. The Morgan fingerprint density at radius 3 is 2.53 bits per heavy atom. The van der Waals surface area contributed by atoms with Crippen molar-refractivity contribution in [2.24, 2.45) is 0 Å². The monoisotopic (exact) mass is 229 g/mol. The molecular weight excluding hydrogens is 214 g/mol. The van der Waals surface area contributed by atoms with Gasteiger partial charge < -0.3 is 4.74 Å². The van der Waals surface area contributed by atoms with E-state index in [1.807, 2.05) is 6.92 Å². The second kappa shape index (κ2) is 4.63. The minimum absolute atomic E-state index is 0.266. The molecule has 0 aliphatic heterocycles. The van der Waals surface area contributed by atoms with Gasteiger partial charge in [0.1, 0.15) is 5.75 Å². The third kappa shape index (κ3) is 2.49. The minimum Gasteiger partial charge on any atom is -0.496 e. The maximum atomic E-state index is 11.5. The van der Waals surface area contributed by atoms with Gasteiger partial charge in [-0.2, -0.15) is 0 Å². The summed E-state index contributed by atoms with van der Waals surface area (Å²) in [5, 5.41) is 0. The van der Waals surface area contributed by atoms with E-state index in [2.05, 4.69) is 4.72 Å². The molecule has 1 aromatic rings. The fourth-order valence-corrected chi connectivity index (χ4v) is 2.10. The molecular formula is C10H15NO3S. The Kier molecular flexibility index (Phi) is 3.71. The van der Waals surface area contributed by atoms with Crippen molar-refractivity contribution in [3.8, 4) is 5.75 Å². The molecule has 0 bridgehead atoms. The molecule has 1 aromatic carbocycles. The van der Waals surface area contributed by atoms with Gasteiger partial charge in [-0.25, -0.2) is 13.1 Å². The van der Waals surface area contributed by atoms with Gasteiger partial charge in [-0.05, 0) is 37.2 Å². The van der Waals surface area contributed by atoms with Crippen LogP contribution in [0, 0.1) is 0 Å². The Bertz CT molecular complexity index is 440. The fourth-order valence-electron chi connectivity index (χ4n) is 1.32. The van der Waals surface area contributed by atoms with Crippen molar-refractivity contribution in [1.82, 2.24) is 4.72 Å². The molecule has 0 atom stereocenters. The second-order valence-electron chi connectivity index (χ2n) is 3.03. The van der Waals surface area contributed by atoms with E-state index in [1.165, 1.54) is 13.1 Å². The number of benzene rings is 1. The van der Waals surface area contributed by atoms with Crippen LogP contribution in [0.25, 0.3) is 0 Å². The second-order valence-corrected chi connectivity index (χ2v) is 4.92. The number of hydrogen-bond acceptors (Lipinski definition) is 3. The highest BCUT2D eigenvalue weighted by atomic mass is 32.2. The molecule has 0 aromatic heterocycles. The smallest absolute Gasteiger partial charge is 0.240 e. The van der Waals surface area contributed by atoms with Crippen molar-refractivity contribution in [3.63, 3.8) is 0 Å². The average molecular weight is 229 g/mol. The Hall–Kier alpha value is -1.07. The summed E-state index contributed by atoms with van der Waals surface area (Å²) in [6.45, 7) is 1.95. The summed E-state index contributed by atoms with van der Waals surface area (Å²) in [7, 11) is -0.397. The summed E-state index contributed by atoms with van der Waals surface area (Å²) in [6.07, 6.45) is 0.732. The molecule has 0 aliphatic rings. The van der Waals surface area contributed by atoms with E-state index in [9.17, 15) is 8.42 Å². The first-order chi connectivity index (χ1) is 7.05. The van der Waals surface area contributed by atoms with Gasteiger partial charge in [0, 0.05) is 0 Å². The van der Waals surface area contributed by atoms with E-state index in [0.717, 1.165) is 12.0 Å². The molecule has 15 heavy (non-hydrogen) atoms. The summed E-state index contributed by atoms with van der Waals surface area (Å²) < 4.78 is 30.4. The van der Waals surface area contributed by atoms with Gasteiger partial charge in [-0.1, -0.05) is 6.92 Å². The first-order valence-electron chi connectivity index (χ1n) is 4.65. The van der Waals surface area contributed by atoms with Gasteiger partial charge in [0.05, 0.1) is 12.0 Å². The maximum Gasteiger partial charge on any atom is 0.240 e. The van der Waals surface area contributed by atoms with Crippen LogP contribution in [0.2, 0.25) is 0 Å². The van der Waals surface area contributed by atoms with E-state index < -0.39 is 10.0 Å². The van der Waals surface area contributed by atoms with Crippen molar-refractivity contribution in [2.45, 2.75) is 18.2 Å². The molecule has 0 amide bonds. The lowest BCUT2D eigenvalue weighted by molar-refractivity contribution is 0.409. The van der Waals surface area contributed by atoms with Gasteiger partial charge >= 0.3 is 0 Å². The van der Waals surface area contributed by atoms with Gasteiger partial charge in [-0.15, -0.1) is 0 Å². The predicted octanol–water partition coefficient (Wildman–Crippen LogP) is 1.17. The largest absolute Gasteiger partial charge is 0.496 e. The first-order valence-corrected chi connectivity index (χ1v) is 6.14. The average Bonchev–Trinajstić information content (AvgIpc) is 2.28. The highest BCUT2D eigenvalue weighted by Gasteiger charge is 2.13. The lowest BCUT2D eigenvalue weighted by atomic mass is 10.1. The standard InChI is InChI=1S/C10H15NO3S/c1-4-8-7-9(15(12,13)11-2)5-6-10(8)14-3/h5-7,11H,4H2,1-3H3. The van der Waals surface area contributed by atoms with Gasteiger partial charge in [-0.3, -0.25) is 0 Å². The van der Waals surface area contributed by atoms with Crippen molar-refractivity contribution < 1.29 is 13.2 Å². The van der Waals surface area contributed by atoms with Gasteiger partial charge in [0.25, 0.3) is 0 Å². The molecule has 0 fully saturated rings. The summed E-state index contributed by atoms with van der Waals surface area (Å²) in [4.78, 5) is 0.266. The molecule has 0 heterocycles. The predicted molar refractivity (Wildman–Crippen MR) is 58.6 cm³/mol. The summed E-state index contributed by atoms with van der Waals surface area (Å²) >= 11 is 0. The number of nitrogens with one attached hydrogen (secondary N) is 1. The highest BCUT2D eigenvalue weighted by molar-refractivity contribution is 7.89. The molecule has 0 unspecified atom stereocenters. The van der Waals surface area contributed by atoms with Crippen molar-refractivity contribution in [3.05, 3.63) is 23.8 Å². The van der Waals surface area contributed by atoms with Crippen LogP contribution in [0.15, 0.2) is 23.1 Å². The molecule has 0 saturated heterocycles. The first kappa shape index (κ1) is 12.0. The van der Waals surface area contributed by atoms with Crippen LogP contribution in [0.1, 0.15) is 12.5 Å². The van der Waals surface area contributed by atoms with Crippen molar-refractivity contribution in [1.29, 1.82) is 0 Å². The van der Waals surface area contributed by atoms with Crippen molar-refractivity contribution in [2.75, 3.05) is 14.2 Å². The van der Waals surface area contributed by atoms with Crippen LogP contribution >= 0.6 is 0 Å². The number of aryl methyl sites for hydroxylation is 1. The molecule has 84 valence electrons. The number of sulfonamides is 1. The molecule has 0 saturated carbocycles. The van der Waals surface area contributed by atoms with E-state index in [1.54, 1.807) is 19.2 Å². The Balaban J connectivity index is 3.26. The maximum absolute atomic E-state index is 11.5. The third-order valence-corrected chi connectivity index (χ3v) is 3.62. The van der Waals surface area contributed by atoms with Crippen LogP contribution < -0.4 is 9.46 Å². The van der Waals surface area contributed by atoms with Crippen molar-refractivity contribution >= 4 is 10.0 Å². The number of hydrogen-bond donors (Lipinski definition) is 1. The molecule has 0 radical (unpaired) electrons. The lowest BCUT2D eigenvalue weighted by Crippen LogP contribution is -2.18. The Morgan fingerprint density at radius 2 is 2.07 bits per heavy atom. The topological polar surface area (TPSA) is 55.4 Å². The third-order valence-electron chi connectivity index (χ3n) is 2.21. The Morgan fingerprint density at radius 1 is 1.40 bits per heavy atom. The van der Waals surface area contributed by atoms with Crippen LogP contribution in [-0.2, 0) is 16.4 Å². The van der Waals surface area contributed by atoms with Crippen LogP contribution in [0.3, 0.4) is 0 Å². The van der Waals surface area contributed by atoms with E-state index in [4.69, 9.17) is 4.74 Å². The van der Waals surface area contributed by atoms with E-state index >= 15 is 0 Å². The van der Waals surface area contributed by atoms with Gasteiger partial charge in [0.15, 0.2) is 0 Å². The molecule has 0 spiro atoms. The molecule has 1 N–H and O–H groups in total. The van der Waals surface area contributed by atoms with Crippen LogP contribution in [0.5, 0.6) is 5.75 Å². The van der Waals surface area contributed by atoms with Gasteiger partial charge in [0.2, 0.25) is 10.0 Å². The zero-order valence-corrected chi connectivity index (χ0v) is 9.89. The number of methoxy groups -OCH3 is 1. The van der Waals surface area contributed by atoms with Crippen LogP contribution in [-0.4, -0.2) is 22.6 Å². The zero-order valence-electron chi connectivity index (χ0n) is 9.07. The molecule has 5 heteroatoms. The summed E-state index contributed by atoms with van der Waals surface area (Å²) in [5.74, 6) is 0.715. The van der Waals surface area contributed by atoms with E-state index in [-0.39, 0.29) is 4.90 Å². The summed E-state index contributed by atoms with van der Waals surface area (Å²) in [5.41, 5.74) is 0.883. The Labute approximate surface area is 90.3 Å². The SMILES string of the molecule is CCc1cc(S(=O)(=O)NC)ccc1OC. The molecule has 1 rings (SSSR count). The number of rotatable bonds is 4. The summed E-state index contributed by atoms with van der Waals surface area (Å²) in [6, 6.07) is 4.83. The lowest BCUT2D eigenvalue weighted by Gasteiger charge is -2.09. The molecule has 4 nitrogen and oxygen atoms in total. The number of ether oxygens (including phenoxy) is 1. The quantitative estimate of drug-likeness (QED) is 0.843. The fraction of sp³-hybridized carbons (Fsp3) is 0.400. The van der Waals surface area contributed by atoms with Crippen LogP contribution in [0.4, 0.5) is 0 Å². The van der Waals surface area contributed by atoms with E-state index in [0.29, 0.717) is 5.75 Å². The molecule has 0 aliphatic carbocycles. The minimum atomic E-state index is -3.36. The zero-order chi connectivity index (χ0) is 11.5.